The molecule has 0 spiro atoms. The summed E-state index contributed by atoms with van der Waals surface area (Å²) in [7, 11) is 3.75. The van der Waals surface area contributed by atoms with Gasteiger partial charge in [-0.25, -0.2) is 0 Å². The monoisotopic (exact) mass is 225 g/mol. The molecule has 0 heterocycles. The van der Waals surface area contributed by atoms with E-state index >= 15 is 0 Å². The zero-order chi connectivity index (χ0) is 11.9. The van der Waals surface area contributed by atoms with Crippen molar-refractivity contribution in [2.24, 2.45) is 5.84 Å². The Labute approximate surface area is 87.9 Å². The average molecular weight is 225 g/mol. The number of nitrogens with two attached hydrogens (primary N) is 1. The lowest BCUT2D eigenvalue weighted by atomic mass is 9.95. The highest BCUT2D eigenvalue weighted by Crippen LogP contribution is 2.32. The number of alkyl halides is 3. The fourth-order valence-electron chi connectivity index (χ4n) is 1.28. The maximum absolute atomic E-state index is 12.1. The summed E-state index contributed by atoms with van der Waals surface area (Å²) in [4.78, 5) is 0. The summed E-state index contributed by atoms with van der Waals surface area (Å²) in [5.41, 5.74) is 1.90. The maximum atomic E-state index is 12.1. The topological polar surface area (TPSA) is 50.1 Å². The summed E-state index contributed by atoms with van der Waals surface area (Å²) in [6.07, 6.45) is -1.83. The Hall–Kier alpha value is -0.590. The van der Waals surface area contributed by atoms with Gasteiger partial charge in [-0.05, 0) is 33.4 Å². The highest BCUT2D eigenvalue weighted by atomic mass is 19.4. The van der Waals surface area contributed by atoms with Gasteiger partial charge in [-0.15, -0.1) is 0 Å². The molecule has 15 heavy (non-hydrogen) atoms. The first kappa shape index (κ1) is 14.4. The van der Waals surface area contributed by atoms with Gasteiger partial charge in [0.05, 0.1) is 0 Å². The van der Waals surface area contributed by atoms with E-state index in [0.717, 1.165) is 0 Å². The molecule has 6 heteroatoms. The third kappa shape index (κ3) is 5.76. The van der Waals surface area contributed by atoms with Crippen LogP contribution in [0.5, 0.6) is 0 Å². The minimum absolute atomic E-state index is 0.0139. The zero-order valence-electron chi connectivity index (χ0n) is 8.99. The van der Waals surface area contributed by atoms with Gasteiger partial charge >= 0.3 is 6.18 Å². The van der Waals surface area contributed by atoms with Gasteiger partial charge in [0.25, 0.3) is 0 Å². The van der Waals surface area contributed by atoms with Crippen LogP contribution in [0, 0.1) is 0 Å². The van der Waals surface area contributed by atoms with E-state index in [1.165, 1.54) is 6.08 Å². The van der Waals surface area contributed by atoms with E-state index in [-0.39, 0.29) is 12.5 Å². The third-order valence-corrected chi connectivity index (χ3v) is 1.97. The molecule has 0 fully saturated rings. The Morgan fingerprint density at radius 3 is 2.33 bits per heavy atom. The molecular formula is C9H18F3N3. The second-order valence-corrected chi connectivity index (χ2v) is 3.37. The molecule has 90 valence electrons. The predicted molar refractivity (Wildman–Crippen MR) is 54.1 cm³/mol. The summed E-state index contributed by atoms with van der Waals surface area (Å²) in [6.45, 7) is 0. The quantitative estimate of drug-likeness (QED) is 0.358. The van der Waals surface area contributed by atoms with Gasteiger partial charge in [0, 0.05) is 11.6 Å². The molecule has 4 N–H and O–H groups in total. The minimum Gasteiger partial charge on any atom is -0.323 e. The molecule has 0 aromatic rings. The Bertz CT molecular complexity index is 201. The smallest absolute Gasteiger partial charge is 0.323 e. The minimum atomic E-state index is -4.18. The van der Waals surface area contributed by atoms with Crippen LogP contribution in [0.2, 0.25) is 0 Å². The SMILES string of the molecule is CNC.NNC1CCC=C(C(F)(F)F)C1. The summed E-state index contributed by atoms with van der Waals surface area (Å²) >= 11 is 0. The van der Waals surface area contributed by atoms with Crippen molar-refractivity contribution in [1.82, 2.24) is 10.7 Å². The summed E-state index contributed by atoms with van der Waals surface area (Å²) in [5, 5.41) is 2.75. The standard InChI is InChI=1S/C7H11F3N2.C2H7N/c8-7(9,10)5-2-1-3-6(4-5)12-11;1-3-2/h2,6,12H,1,3-4,11H2;3H,1-2H3. The van der Waals surface area contributed by atoms with Crippen LogP contribution in [0.1, 0.15) is 19.3 Å². The van der Waals surface area contributed by atoms with Gasteiger partial charge in [-0.3, -0.25) is 11.3 Å². The van der Waals surface area contributed by atoms with Crippen LogP contribution in [0.15, 0.2) is 11.6 Å². The Morgan fingerprint density at radius 1 is 1.40 bits per heavy atom. The van der Waals surface area contributed by atoms with Gasteiger partial charge in [-0.2, -0.15) is 13.2 Å². The van der Waals surface area contributed by atoms with Crippen molar-refractivity contribution in [3.8, 4) is 0 Å². The highest BCUT2D eigenvalue weighted by molar-refractivity contribution is 5.13. The first-order valence-electron chi connectivity index (χ1n) is 4.76. The first-order chi connectivity index (χ1) is 6.95. The summed E-state index contributed by atoms with van der Waals surface area (Å²) < 4.78 is 36.3. The predicted octanol–water partition coefficient (Wildman–Crippen LogP) is 1.33. The van der Waals surface area contributed by atoms with Crippen LogP contribution in [-0.2, 0) is 0 Å². The zero-order valence-corrected chi connectivity index (χ0v) is 8.99. The molecule has 3 nitrogen and oxygen atoms in total. The lowest BCUT2D eigenvalue weighted by molar-refractivity contribution is -0.0958. The van der Waals surface area contributed by atoms with Crippen molar-refractivity contribution in [2.75, 3.05) is 14.1 Å². The number of hydrazine groups is 1. The van der Waals surface area contributed by atoms with Crippen molar-refractivity contribution in [3.63, 3.8) is 0 Å². The molecule has 0 bridgehead atoms. The summed E-state index contributed by atoms with van der Waals surface area (Å²) in [6, 6.07) is -0.230. The molecular weight excluding hydrogens is 207 g/mol. The fourth-order valence-corrected chi connectivity index (χ4v) is 1.28. The highest BCUT2D eigenvalue weighted by Gasteiger charge is 2.35. The first-order valence-corrected chi connectivity index (χ1v) is 4.76. The van der Waals surface area contributed by atoms with Gasteiger partial charge in [0.1, 0.15) is 0 Å². The number of rotatable bonds is 1. The lowest BCUT2D eigenvalue weighted by Gasteiger charge is -2.23. The molecule has 1 rings (SSSR count). The van der Waals surface area contributed by atoms with E-state index < -0.39 is 11.7 Å². The van der Waals surface area contributed by atoms with E-state index in [2.05, 4.69) is 10.7 Å². The third-order valence-electron chi connectivity index (χ3n) is 1.97. The number of allylic oxidation sites excluding steroid dienone is 1. The molecule has 1 aliphatic carbocycles. The Kier molecular flexibility index (Phi) is 6.55. The number of hydrogen-bond acceptors (Lipinski definition) is 3. The van der Waals surface area contributed by atoms with Crippen LogP contribution in [0.4, 0.5) is 13.2 Å². The van der Waals surface area contributed by atoms with Gasteiger partial charge in [-0.1, -0.05) is 6.08 Å². The molecule has 0 saturated carbocycles. The van der Waals surface area contributed by atoms with E-state index in [1.807, 2.05) is 14.1 Å². The van der Waals surface area contributed by atoms with Crippen molar-refractivity contribution >= 4 is 0 Å². The largest absolute Gasteiger partial charge is 0.412 e. The fraction of sp³-hybridized carbons (Fsp3) is 0.778. The molecule has 0 amide bonds. The van der Waals surface area contributed by atoms with Crippen molar-refractivity contribution in [1.29, 1.82) is 0 Å². The average Bonchev–Trinajstić information content (AvgIpc) is 2.18. The molecule has 0 aromatic carbocycles. The second-order valence-electron chi connectivity index (χ2n) is 3.37. The van der Waals surface area contributed by atoms with Crippen LogP contribution in [0.3, 0.4) is 0 Å². The van der Waals surface area contributed by atoms with Crippen LogP contribution in [0.25, 0.3) is 0 Å². The number of hydrogen-bond donors (Lipinski definition) is 3. The van der Waals surface area contributed by atoms with E-state index in [4.69, 9.17) is 5.84 Å². The molecule has 1 aliphatic rings. The second kappa shape index (κ2) is 6.81. The van der Waals surface area contributed by atoms with Crippen LogP contribution >= 0.6 is 0 Å². The molecule has 0 radical (unpaired) electrons. The van der Waals surface area contributed by atoms with E-state index in [1.54, 1.807) is 0 Å². The van der Waals surface area contributed by atoms with Gasteiger partial charge in [0.2, 0.25) is 0 Å². The molecule has 0 aromatic heterocycles. The van der Waals surface area contributed by atoms with Gasteiger partial charge < -0.3 is 5.32 Å². The number of nitrogens with one attached hydrogen (secondary N) is 2. The van der Waals surface area contributed by atoms with Crippen molar-refractivity contribution in [2.45, 2.75) is 31.5 Å². The molecule has 1 unspecified atom stereocenters. The Morgan fingerprint density at radius 2 is 1.93 bits per heavy atom. The van der Waals surface area contributed by atoms with Crippen LogP contribution in [-0.4, -0.2) is 26.3 Å². The Balaban J connectivity index is 0.000000583. The van der Waals surface area contributed by atoms with Crippen molar-refractivity contribution in [3.05, 3.63) is 11.6 Å². The van der Waals surface area contributed by atoms with Crippen molar-refractivity contribution < 1.29 is 13.2 Å². The summed E-state index contributed by atoms with van der Waals surface area (Å²) in [5.74, 6) is 5.06. The van der Waals surface area contributed by atoms with Crippen LogP contribution < -0.4 is 16.6 Å². The maximum Gasteiger partial charge on any atom is 0.412 e. The lowest BCUT2D eigenvalue weighted by Crippen LogP contribution is -2.38. The van der Waals surface area contributed by atoms with E-state index in [9.17, 15) is 13.2 Å². The normalized spacial score (nSPS) is 21.5. The molecule has 0 saturated heterocycles. The number of halogens is 3. The van der Waals surface area contributed by atoms with E-state index in [0.29, 0.717) is 12.8 Å². The molecule has 0 aliphatic heterocycles. The van der Waals surface area contributed by atoms with Gasteiger partial charge in [0.15, 0.2) is 0 Å². The molecule has 1 atom stereocenters.